The van der Waals surface area contributed by atoms with Crippen LogP contribution in [0.3, 0.4) is 0 Å². The summed E-state index contributed by atoms with van der Waals surface area (Å²) in [7, 11) is 0. The van der Waals surface area contributed by atoms with Crippen LogP contribution in [0.2, 0.25) is 0 Å². The van der Waals surface area contributed by atoms with Crippen LogP contribution in [0.4, 0.5) is 10.2 Å². The Morgan fingerprint density at radius 3 is 2.28 bits per heavy atom. The van der Waals surface area contributed by atoms with Gasteiger partial charge in [-0.1, -0.05) is 12.1 Å². The number of amides is 1. The first-order chi connectivity index (χ1) is 12.2. The van der Waals surface area contributed by atoms with Crippen molar-refractivity contribution in [1.29, 1.82) is 0 Å². The molecule has 3 rings (SSSR count). The molecule has 126 valence electrons. The van der Waals surface area contributed by atoms with Crippen molar-refractivity contribution in [1.82, 2.24) is 20.5 Å². The molecule has 0 atom stereocenters. The molecule has 0 saturated heterocycles. The van der Waals surface area contributed by atoms with E-state index in [1.807, 2.05) is 12.1 Å². The molecule has 1 amide bonds. The average molecular weight is 337 g/mol. The van der Waals surface area contributed by atoms with Gasteiger partial charge in [-0.25, -0.2) is 4.39 Å². The zero-order valence-corrected chi connectivity index (χ0v) is 13.3. The smallest absolute Gasteiger partial charge is 0.272 e. The van der Waals surface area contributed by atoms with E-state index in [1.165, 1.54) is 12.1 Å². The summed E-state index contributed by atoms with van der Waals surface area (Å²) < 4.78 is 12.8. The standard InChI is InChI=1S/C18H16FN5O/c19-15-3-1-13(2-4-15)12-22-18(25)16-5-6-17(24-23-16)21-11-14-7-9-20-10-8-14/h1-10H,11-12H2,(H,21,24)(H,22,25). The van der Waals surface area contributed by atoms with Gasteiger partial charge in [-0.15, -0.1) is 10.2 Å². The summed E-state index contributed by atoms with van der Waals surface area (Å²) in [5.41, 5.74) is 2.09. The Morgan fingerprint density at radius 2 is 1.60 bits per heavy atom. The first-order valence-corrected chi connectivity index (χ1v) is 7.70. The largest absolute Gasteiger partial charge is 0.365 e. The fourth-order valence-corrected chi connectivity index (χ4v) is 2.12. The molecule has 0 spiro atoms. The van der Waals surface area contributed by atoms with Gasteiger partial charge in [-0.05, 0) is 47.5 Å². The van der Waals surface area contributed by atoms with Crippen molar-refractivity contribution in [3.8, 4) is 0 Å². The second-order valence-corrected chi connectivity index (χ2v) is 5.32. The van der Waals surface area contributed by atoms with Crippen LogP contribution in [-0.4, -0.2) is 21.1 Å². The molecule has 0 unspecified atom stereocenters. The number of rotatable bonds is 6. The quantitative estimate of drug-likeness (QED) is 0.723. The molecule has 0 bridgehead atoms. The lowest BCUT2D eigenvalue weighted by Crippen LogP contribution is -2.24. The monoisotopic (exact) mass is 337 g/mol. The lowest BCUT2D eigenvalue weighted by Gasteiger charge is -2.07. The van der Waals surface area contributed by atoms with E-state index in [9.17, 15) is 9.18 Å². The van der Waals surface area contributed by atoms with Crippen molar-refractivity contribution < 1.29 is 9.18 Å². The number of halogens is 1. The minimum Gasteiger partial charge on any atom is -0.365 e. The Morgan fingerprint density at radius 1 is 0.880 bits per heavy atom. The number of carbonyl (C=O) groups is 1. The molecule has 0 aliphatic rings. The van der Waals surface area contributed by atoms with Gasteiger partial charge in [-0.3, -0.25) is 9.78 Å². The lowest BCUT2D eigenvalue weighted by molar-refractivity contribution is 0.0945. The number of aromatic nitrogens is 3. The second kappa shape index (κ2) is 7.96. The zero-order chi connectivity index (χ0) is 17.5. The summed E-state index contributed by atoms with van der Waals surface area (Å²) in [6.45, 7) is 0.885. The SMILES string of the molecule is O=C(NCc1ccc(F)cc1)c1ccc(NCc2ccncc2)nn1. The predicted molar refractivity (Wildman–Crippen MR) is 91.2 cm³/mol. The maximum atomic E-state index is 12.8. The molecule has 0 radical (unpaired) electrons. The van der Waals surface area contributed by atoms with Gasteiger partial charge in [0.05, 0.1) is 0 Å². The minimum atomic E-state index is -0.336. The molecule has 1 aromatic carbocycles. The molecule has 2 aromatic heterocycles. The maximum absolute atomic E-state index is 12.8. The van der Waals surface area contributed by atoms with Gasteiger partial charge < -0.3 is 10.6 Å². The van der Waals surface area contributed by atoms with Gasteiger partial charge in [0.25, 0.3) is 5.91 Å². The highest BCUT2D eigenvalue weighted by Gasteiger charge is 2.08. The van der Waals surface area contributed by atoms with E-state index in [1.54, 1.807) is 36.7 Å². The normalized spacial score (nSPS) is 10.3. The number of nitrogens with one attached hydrogen (secondary N) is 2. The van der Waals surface area contributed by atoms with E-state index in [0.717, 1.165) is 11.1 Å². The first kappa shape index (κ1) is 16.5. The molecule has 2 N–H and O–H groups in total. The van der Waals surface area contributed by atoms with Crippen molar-refractivity contribution in [2.24, 2.45) is 0 Å². The third-order valence-electron chi connectivity index (χ3n) is 3.49. The topological polar surface area (TPSA) is 79.8 Å². The van der Waals surface area contributed by atoms with Crippen molar-refractivity contribution in [2.45, 2.75) is 13.1 Å². The highest BCUT2D eigenvalue weighted by molar-refractivity contribution is 5.92. The van der Waals surface area contributed by atoms with Crippen molar-refractivity contribution >= 4 is 11.7 Å². The number of hydrogen-bond donors (Lipinski definition) is 2. The van der Waals surface area contributed by atoms with Crippen LogP contribution in [0.25, 0.3) is 0 Å². The number of anilines is 1. The second-order valence-electron chi connectivity index (χ2n) is 5.32. The number of nitrogens with zero attached hydrogens (tertiary/aromatic N) is 3. The van der Waals surface area contributed by atoms with E-state index in [4.69, 9.17) is 0 Å². The predicted octanol–water partition coefficient (Wildman–Crippen LogP) is 2.55. The van der Waals surface area contributed by atoms with Crippen LogP contribution in [0.1, 0.15) is 21.6 Å². The zero-order valence-electron chi connectivity index (χ0n) is 13.3. The fraction of sp³-hybridized carbons (Fsp3) is 0.111. The molecule has 6 nitrogen and oxygen atoms in total. The molecule has 0 saturated carbocycles. The molecule has 2 heterocycles. The first-order valence-electron chi connectivity index (χ1n) is 7.70. The summed E-state index contributed by atoms with van der Waals surface area (Å²) in [4.78, 5) is 16.0. The third-order valence-corrected chi connectivity index (χ3v) is 3.49. The van der Waals surface area contributed by atoms with Crippen LogP contribution < -0.4 is 10.6 Å². The van der Waals surface area contributed by atoms with Gasteiger partial charge in [0.1, 0.15) is 11.6 Å². The van der Waals surface area contributed by atoms with Crippen molar-refractivity contribution in [3.63, 3.8) is 0 Å². The van der Waals surface area contributed by atoms with E-state index in [-0.39, 0.29) is 17.4 Å². The molecule has 25 heavy (non-hydrogen) atoms. The van der Waals surface area contributed by atoms with Crippen LogP contribution in [0, 0.1) is 5.82 Å². The lowest BCUT2D eigenvalue weighted by atomic mass is 10.2. The average Bonchev–Trinajstić information content (AvgIpc) is 2.67. The Balaban J connectivity index is 1.52. The molecule has 0 aliphatic carbocycles. The van der Waals surface area contributed by atoms with Crippen molar-refractivity contribution in [2.75, 3.05) is 5.32 Å². The van der Waals surface area contributed by atoms with Gasteiger partial charge in [0, 0.05) is 25.5 Å². The Hall–Kier alpha value is -3.35. The minimum absolute atomic E-state index is 0.219. The number of benzene rings is 1. The molecular weight excluding hydrogens is 321 g/mol. The Labute approximate surface area is 144 Å². The Bertz CT molecular complexity index is 822. The summed E-state index contributed by atoms with van der Waals surface area (Å²) >= 11 is 0. The third kappa shape index (κ3) is 4.81. The fourth-order valence-electron chi connectivity index (χ4n) is 2.12. The molecule has 0 aliphatic heterocycles. The van der Waals surface area contributed by atoms with E-state index >= 15 is 0 Å². The number of carbonyl (C=O) groups excluding carboxylic acids is 1. The van der Waals surface area contributed by atoms with Crippen LogP contribution in [-0.2, 0) is 13.1 Å². The van der Waals surface area contributed by atoms with Gasteiger partial charge in [0.2, 0.25) is 0 Å². The molecule has 7 heteroatoms. The summed E-state index contributed by atoms with van der Waals surface area (Å²) in [6.07, 6.45) is 3.44. The van der Waals surface area contributed by atoms with E-state index in [0.29, 0.717) is 18.9 Å². The molecular formula is C18H16FN5O. The van der Waals surface area contributed by atoms with E-state index < -0.39 is 0 Å². The van der Waals surface area contributed by atoms with Crippen molar-refractivity contribution in [3.05, 3.63) is 83.6 Å². The number of hydrogen-bond acceptors (Lipinski definition) is 5. The summed E-state index contributed by atoms with van der Waals surface area (Å²) in [6, 6.07) is 13.0. The van der Waals surface area contributed by atoms with E-state index in [2.05, 4.69) is 25.8 Å². The maximum Gasteiger partial charge on any atom is 0.272 e. The Kier molecular flexibility index (Phi) is 5.26. The number of pyridine rings is 1. The highest BCUT2D eigenvalue weighted by atomic mass is 19.1. The highest BCUT2D eigenvalue weighted by Crippen LogP contribution is 2.06. The van der Waals surface area contributed by atoms with Gasteiger partial charge >= 0.3 is 0 Å². The van der Waals surface area contributed by atoms with Gasteiger partial charge in [-0.2, -0.15) is 0 Å². The van der Waals surface area contributed by atoms with Crippen LogP contribution >= 0.6 is 0 Å². The van der Waals surface area contributed by atoms with Gasteiger partial charge in [0.15, 0.2) is 5.69 Å². The van der Waals surface area contributed by atoms with Crippen LogP contribution in [0.5, 0.6) is 0 Å². The summed E-state index contributed by atoms with van der Waals surface area (Å²) in [5, 5.41) is 13.8. The summed E-state index contributed by atoms with van der Waals surface area (Å²) in [5.74, 6) is -0.0693. The molecule has 0 fully saturated rings. The van der Waals surface area contributed by atoms with Crippen LogP contribution in [0.15, 0.2) is 60.9 Å². The molecule has 3 aromatic rings.